The average molecular weight is 204 g/mol. The Bertz CT molecular complexity index is 219. The average Bonchev–Trinajstić information content (AvgIpc) is 2.20. The molecule has 0 spiro atoms. The summed E-state index contributed by atoms with van der Waals surface area (Å²) in [4.78, 5) is 0. The van der Waals surface area contributed by atoms with Crippen LogP contribution in [0.4, 0.5) is 0 Å². The molecule has 0 unspecified atom stereocenters. The molecule has 0 saturated carbocycles. The molecule has 1 heterocycles. The molecule has 4 heteroatoms. The molecule has 10 heavy (non-hydrogen) atoms. The molecule has 0 amide bonds. The van der Waals surface area contributed by atoms with Crippen LogP contribution in [0.3, 0.4) is 0 Å². The Balaban J connectivity index is 2.83. The molecule has 0 atom stereocenters. The summed E-state index contributed by atoms with van der Waals surface area (Å²) in [7, 11) is 1.90. The van der Waals surface area contributed by atoms with Crippen molar-refractivity contribution in [2.24, 2.45) is 0 Å². The number of hydrogen-bond acceptors (Lipinski definition) is 2. The Morgan fingerprint density at radius 1 is 1.70 bits per heavy atom. The number of hydrogen-bond donors (Lipinski definition) is 2. The summed E-state index contributed by atoms with van der Waals surface area (Å²) in [6.45, 7) is 2.78. The number of nitrogens with zero attached hydrogens (tertiary/aromatic N) is 1. The van der Waals surface area contributed by atoms with Gasteiger partial charge in [-0.05, 0) is 29.9 Å². The molecule has 0 saturated heterocycles. The topological polar surface area (TPSA) is 40.7 Å². The van der Waals surface area contributed by atoms with E-state index in [2.05, 4.69) is 31.4 Å². The second-order valence-corrected chi connectivity index (χ2v) is 2.93. The van der Waals surface area contributed by atoms with Crippen LogP contribution in [0.5, 0.6) is 0 Å². The molecule has 0 aromatic carbocycles. The molecule has 1 aromatic rings. The normalized spacial score (nSPS) is 10.3. The minimum absolute atomic E-state index is 0.797. The van der Waals surface area contributed by atoms with Gasteiger partial charge < -0.3 is 5.32 Å². The van der Waals surface area contributed by atoms with E-state index in [1.54, 1.807) is 0 Å². The van der Waals surface area contributed by atoms with Crippen LogP contribution in [-0.4, -0.2) is 17.2 Å². The SMILES string of the molecule is CNCc1n[nH]c(C)c1Br. The van der Waals surface area contributed by atoms with Crippen LogP contribution in [0, 0.1) is 6.92 Å². The maximum Gasteiger partial charge on any atom is 0.0904 e. The monoisotopic (exact) mass is 203 g/mol. The molecule has 56 valence electrons. The molecule has 0 bridgehead atoms. The number of rotatable bonds is 2. The number of H-pyrrole nitrogens is 1. The second-order valence-electron chi connectivity index (χ2n) is 2.14. The van der Waals surface area contributed by atoms with Gasteiger partial charge in [0, 0.05) is 12.2 Å². The van der Waals surface area contributed by atoms with E-state index >= 15 is 0 Å². The predicted octanol–water partition coefficient (Wildman–Crippen LogP) is 1.20. The lowest BCUT2D eigenvalue weighted by molar-refractivity contribution is 0.781. The van der Waals surface area contributed by atoms with E-state index < -0.39 is 0 Å². The van der Waals surface area contributed by atoms with Gasteiger partial charge in [0.25, 0.3) is 0 Å². The number of nitrogens with one attached hydrogen (secondary N) is 2. The molecule has 0 aliphatic carbocycles. The van der Waals surface area contributed by atoms with Gasteiger partial charge in [0.2, 0.25) is 0 Å². The van der Waals surface area contributed by atoms with Crippen LogP contribution >= 0.6 is 15.9 Å². The Kier molecular flexibility index (Phi) is 2.45. The number of halogens is 1. The van der Waals surface area contributed by atoms with Crippen LogP contribution in [0.15, 0.2) is 4.47 Å². The van der Waals surface area contributed by atoms with Gasteiger partial charge in [0.1, 0.15) is 0 Å². The highest BCUT2D eigenvalue weighted by molar-refractivity contribution is 9.10. The minimum Gasteiger partial charge on any atom is -0.314 e. The van der Waals surface area contributed by atoms with Crippen molar-refractivity contribution in [3.8, 4) is 0 Å². The van der Waals surface area contributed by atoms with Crippen LogP contribution in [-0.2, 0) is 6.54 Å². The summed E-state index contributed by atoms with van der Waals surface area (Å²) >= 11 is 3.42. The first-order chi connectivity index (χ1) is 4.75. The van der Waals surface area contributed by atoms with Crippen molar-refractivity contribution in [3.63, 3.8) is 0 Å². The van der Waals surface area contributed by atoms with E-state index in [0.29, 0.717) is 0 Å². The quantitative estimate of drug-likeness (QED) is 0.759. The standard InChI is InChI=1S/C6H10BrN3/c1-4-6(7)5(3-8-2)10-9-4/h8H,3H2,1-2H3,(H,9,10). The molecule has 0 aliphatic rings. The van der Waals surface area contributed by atoms with E-state index in [1.165, 1.54) is 0 Å². The van der Waals surface area contributed by atoms with Crippen molar-refractivity contribution in [1.82, 2.24) is 15.5 Å². The van der Waals surface area contributed by atoms with Gasteiger partial charge in [-0.25, -0.2) is 0 Å². The maximum absolute atomic E-state index is 4.07. The van der Waals surface area contributed by atoms with E-state index in [1.807, 2.05) is 14.0 Å². The zero-order chi connectivity index (χ0) is 7.56. The van der Waals surface area contributed by atoms with Crippen LogP contribution in [0.2, 0.25) is 0 Å². The Morgan fingerprint density at radius 2 is 2.40 bits per heavy atom. The van der Waals surface area contributed by atoms with E-state index in [4.69, 9.17) is 0 Å². The van der Waals surface area contributed by atoms with Crippen LogP contribution < -0.4 is 5.32 Å². The van der Waals surface area contributed by atoms with Crippen molar-refractivity contribution in [1.29, 1.82) is 0 Å². The van der Waals surface area contributed by atoms with Gasteiger partial charge in [-0.1, -0.05) is 0 Å². The maximum atomic E-state index is 4.07. The third-order valence-corrected chi connectivity index (χ3v) is 2.34. The Hall–Kier alpha value is -0.350. The van der Waals surface area contributed by atoms with Gasteiger partial charge >= 0.3 is 0 Å². The van der Waals surface area contributed by atoms with Crippen LogP contribution in [0.1, 0.15) is 11.4 Å². The third kappa shape index (κ3) is 1.38. The summed E-state index contributed by atoms with van der Waals surface area (Å²) in [6, 6.07) is 0. The van der Waals surface area contributed by atoms with Crippen molar-refractivity contribution in [2.75, 3.05) is 7.05 Å². The molecular formula is C6H10BrN3. The van der Waals surface area contributed by atoms with E-state index in [-0.39, 0.29) is 0 Å². The number of aryl methyl sites for hydroxylation is 1. The first-order valence-corrected chi connectivity index (χ1v) is 3.89. The molecule has 1 aromatic heterocycles. The van der Waals surface area contributed by atoms with Gasteiger partial charge in [-0.2, -0.15) is 5.10 Å². The fourth-order valence-electron chi connectivity index (χ4n) is 0.751. The third-order valence-electron chi connectivity index (χ3n) is 1.29. The number of aromatic nitrogens is 2. The summed E-state index contributed by atoms with van der Waals surface area (Å²) in [5.74, 6) is 0. The highest BCUT2D eigenvalue weighted by Crippen LogP contribution is 2.17. The molecule has 0 aliphatic heterocycles. The van der Waals surface area contributed by atoms with Gasteiger partial charge in [-0.15, -0.1) is 0 Å². The van der Waals surface area contributed by atoms with Crippen molar-refractivity contribution in [3.05, 3.63) is 15.9 Å². The minimum atomic E-state index is 0.797. The summed E-state index contributed by atoms with van der Waals surface area (Å²) in [6.07, 6.45) is 0. The van der Waals surface area contributed by atoms with Crippen molar-refractivity contribution >= 4 is 15.9 Å². The highest BCUT2D eigenvalue weighted by atomic mass is 79.9. The van der Waals surface area contributed by atoms with Crippen molar-refractivity contribution in [2.45, 2.75) is 13.5 Å². The fraction of sp³-hybridized carbons (Fsp3) is 0.500. The van der Waals surface area contributed by atoms with Gasteiger partial charge in [0.15, 0.2) is 0 Å². The molecular weight excluding hydrogens is 194 g/mol. The second kappa shape index (κ2) is 3.16. The van der Waals surface area contributed by atoms with E-state index in [9.17, 15) is 0 Å². The van der Waals surface area contributed by atoms with E-state index in [0.717, 1.165) is 22.4 Å². The summed E-state index contributed by atoms with van der Waals surface area (Å²) < 4.78 is 1.07. The molecule has 0 radical (unpaired) electrons. The smallest absolute Gasteiger partial charge is 0.0904 e. The highest BCUT2D eigenvalue weighted by Gasteiger charge is 2.04. The van der Waals surface area contributed by atoms with Gasteiger partial charge in [-0.3, -0.25) is 5.10 Å². The fourth-order valence-corrected chi connectivity index (χ4v) is 1.07. The lowest BCUT2D eigenvalue weighted by Crippen LogP contribution is -2.05. The summed E-state index contributed by atoms with van der Waals surface area (Å²) in [5.41, 5.74) is 2.10. The zero-order valence-electron chi connectivity index (χ0n) is 6.03. The molecule has 0 fully saturated rings. The predicted molar refractivity (Wildman–Crippen MR) is 43.8 cm³/mol. The molecule has 3 nitrogen and oxygen atoms in total. The largest absolute Gasteiger partial charge is 0.314 e. The summed E-state index contributed by atoms with van der Waals surface area (Å²) in [5, 5.41) is 9.98. The Morgan fingerprint density at radius 3 is 2.80 bits per heavy atom. The van der Waals surface area contributed by atoms with Gasteiger partial charge in [0.05, 0.1) is 10.2 Å². The lowest BCUT2D eigenvalue weighted by atomic mass is 10.4. The number of aromatic amines is 1. The Labute approximate surface area is 68.3 Å². The lowest BCUT2D eigenvalue weighted by Gasteiger charge is -1.92. The first-order valence-electron chi connectivity index (χ1n) is 3.09. The molecule has 1 rings (SSSR count). The zero-order valence-corrected chi connectivity index (χ0v) is 7.62. The van der Waals surface area contributed by atoms with Crippen LogP contribution in [0.25, 0.3) is 0 Å². The first kappa shape index (κ1) is 7.75. The van der Waals surface area contributed by atoms with Crippen molar-refractivity contribution < 1.29 is 0 Å². The molecule has 2 N–H and O–H groups in total.